The topological polar surface area (TPSA) is 67.2 Å². The van der Waals surface area contributed by atoms with Crippen molar-refractivity contribution in [3.05, 3.63) is 59.1 Å². The first kappa shape index (κ1) is 20.3. The standard InChI is InChI=1S/C22H25ClN6O/c1-16(2)17-6-8-18(9-7-17)22-24-26-29(25-22)15-21(30)28-12-10-27(11-13-28)20-5-3-4-19(23)14-20/h3-9,14,16H,10-13,15H2,1-2H3. The van der Waals surface area contributed by atoms with E-state index in [9.17, 15) is 4.79 Å². The summed E-state index contributed by atoms with van der Waals surface area (Å²) in [5.41, 5.74) is 3.24. The van der Waals surface area contributed by atoms with Crippen molar-refractivity contribution >= 4 is 23.2 Å². The number of carbonyl (C=O) groups excluding carboxylic acids is 1. The van der Waals surface area contributed by atoms with Gasteiger partial charge in [-0.15, -0.1) is 10.2 Å². The van der Waals surface area contributed by atoms with E-state index in [1.54, 1.807) is 0 Å². The SMILES string of the molecule is CC(C)c1ccc(-c2nnn(CC(=O)N3CCN(c4cccc(Cl)c4)CC3)n2)cc1. The smallest absolute Gasteiger partial charge is 0.246 e. The average molecular weight is 425 g/mol. The molecule has 4 rings (SSSR count). The van der Waals surface area contributed by atoms with Crippen LogP contribution in [0, 0.1) is 0 Å². The van der Waals surface area contributed by atoms with Crippen LogP contribution in [-0.4, -0.2) is 57.2 Å². The van der Waals surface area contributed by atoms with Gasteiger partial charge in [-0.1, -0.05) is 55.8 Å². The molecule has 2 heterocycles. The highest BCUT2D eigenvalue weighted by atomic mass is 35.5. The Kier molecular flexibility index (Phi) is 5.99. The quantitative estimate of drug-likeness (QED) is 0.627. The van der Waals surface area contributed by atoms with Crippen LogP contribution in [0.5, 0.6) is 0 Å². The number of tetrazole rings is 1. The Morgan fingerprint density at radius 3 is 2.47 bits per heavy atom. The number of benzene rings is 2. The van der Waals surface area contributed by atoms with Gasteiger partial charge in [0.15, 0.2) is 0 Å². The second-order valence-corrected chi connectivity index (χ2v) is 8.20. The molecule has 7 nitrogen and oxygen atoms in total. The maximum Gasteiger partial charge on any atom is 0.246 e. The number of amides is 1. The maximum atomic E-state index is 12.7. The van der Waals surface area contributed by atoms with E-state index >= 15 is 0 Å². The molecule has 0 unspecified atom stereocenters. The van der Waals surface area contributed by atoms with Gasteiger partial charge in [0.05, 0.1) is 0 Å². The summed E-state index contributed by atoms with van der Waals surface area (Å²) in [5.74, 6) is 1.00. The van der Waals surface area contributed by atoms with Gasteiger partial charge in [-0.25, -0.2) is 0 Å². The Hall–Kier alpha value is -2.93. The summed E-state index contributed by atoms with van der Waals surface area (Å²) in [6, 6.07) is 15.9. The fourth-order valence-electron chi connectivity index (χ4n) is 3.55. The summed E-state index contributed by atoms with van der Waals surface area (Å²) in [4.78, 5) is 18.1. The summed E-state index contributed by atoms with van der Waals surface area (Å²) in [6.07, 6.45) is 0. The van der Waals surface area contributed by atoms with Crippen LogP contribution in [-0.2, 0) is 11.3 Å². The van der Waals surface area contributed by atoms with Crippen molar-refractivity contribution in [2.24, 2.45) is 0 Å². The number of carbonyl (C=O) groups is 1. The van der Waals surface area contributed by atoms with Crippen LogP contribution in [0.2, 0.25) is 5.02 Å². The van der Waals surface area contributed by atoms with Crippen molar-refractivity contribution in [3.8, 4) is 11.4 Å². The zero-order valence-corrected chi connectivity index (χ0v) is 18.0. The number of piperazine rings is 1. The van der Waals surface area contributed by atoms with Crippen molar-refractivity contribution in [2.45, 2.75) is 26.3 Å². The molecule has 0 atom stereocenters. The molecule has 8 heteroatoms. The molecule has 3 aromatic rings. The normalized spacial score (nSPS) is 14.4. The van der Waals surface area contributed by atoms with Crippen LogP contribution in [0.1, 0.15) is 25.3 Å². The van der Waals surface area contributed by atoms with E-state index in [2.05, 4.69) is 46.3 Å². The minimum atomic E-state index is -0.000139. The van der Waals surface area contributed by atoms with Gasteiger partial charge in [-0.2, -0.15) is 4.80 Å². The number of anilines is 1. The molecule has 1 saturated heterocycles. The molecule has 1 aliphatic heterocycles. The molecule has 156 valence electrons. The number of hydrogen-bond donors (Lipinski definition) is 0. The van der Waals surface area contributed by atoms with Crippen molar-refractivity contribution in [2.75, 3.05) is 31.1 Å². The molecule has 0 aliphatic carbocycles. The third-order valence-corrected chi connectivity index (χ3v) is 5.61. The van der Waals surface area contributed by atoms with Crippen LogP contribution in [0.25, 0.3) is 11.4 Å². The lowest BCUT2D eigenvalue weighted by Gasteiger charge is -2.36. The Labute approximate surface area is 181 Å². The van der Waals surface area contributed by atoms with Crippen molar-refractivity contribution in [1.29, 1.82) is 0 Å². The summed E-state index contributed by atoms with van der Waals surface area (Å²) in [7, 11) is 0. The highest BCUT2D eigenvalue weighted by Gasteiger charge is 2.22. The van der Waals surface area contributed by atoms with Crippen LogP contribution >= 0.6 is 11.6 Å². The van der Waals surface area contributed by atoms with Crippen LogP contribution < -0.4 is 4.90 Å². The van der Waals surface area contributed by atoms with Gasteiger partial charge in [-0.3, -0.25) is 4.79 Å². The largest absolute Gasteiger partial charge is 0.368 e. The summed E-state index contributed by atoms with van der Waals surface area (Å²) >= 11 is 6.09. The molecular formula is C22H25ClN6O. The molecular weight excluding hydrogens is 400 g/mol. The summed E-state index contributed by atoms with van der Waals surface area (Å²) < 4.78 is 0. The second-order valence-electron chi connectivity index (χ2n) is 7.77. The lowest BCUT2D eigenvalue weighted by Crippen LogP contribution is -2.49. The summed E-state index contributed by atoms with van der Waals surface area (Å²) in [6.45, 7) is 7.25. The van der Waals surface area contributed by atoms with E-state index in [1.165, 1.54) is 10.4 Å². The summed E-state index contributed by atoms with van der Waals surface area (Å²) in [5, 5.41) is 13.3. The predicted octanol–water partition coefficient (Wildman–Crippen LogP) is 3.47. The fraction of sp³-hybridized carbons (Fsp3) is 0.364. The minimum Gasteiger partial charge on any atom is -0.368 e. The Bertz CT molecular complexity index is 1010. The molecule has 2 aromatic carbocycles. The Morgan fingerprint density at radius 2 is 1.80 bits per heavy atom. The molecule has 0 saturated carbocycles. The van der Waals surface area contributed by atoms with Crippen LogP contribution in [0.4, 0.5) is 5.69 Å². The predicted molar refractivity (Wildman–Crippen MR) is 118 cm³/mol. The zero-order chi connectivity index (χ0) is 21.1. The van der Waals surface area contributed by atoms with Crippen LogP contribution in [0.3, 0.4) is 0 Å². The molecule has 0 N–H and O–H groups in total. The second kappa shape index (κ2) is 8.83. The molecule has 1 aliphatic rings. The minimum absolute atomic E-state index is 0.000139. The van der Waals surface area contributed by atoms with Gasteiger partial charge < -0.3 is 9.80 Å². The van der Waals surface area contributed by atoms with Gasteiger partial charge in [0, 0.05) is 42.5 Å². The zero-order valence-electron chi connectivity index (χ0n) is 17.2. The van der Waals surface area contributed by atoms with Gasteiger partial charge in [0.1, 0.15) is 6.54 Å². The van der Waals surface area contributed by atoms with Crippen molar-refractivity contribution in [1.82, 2.24) is 25.1 Å². The third-order valence-electron chi connectivity index (χ3n) is 5.37. The van der Waals surface area contributed by atoms with Gasteiger partial charge in [-0.05, 0) is 34.9 Å². The van der Waals surface area contributed by atoms with Gasteiger partial charge in [0.25, 0.3) is 0 Å². The highest BCUT2D eigenvalue weighted by Crippen LogP contribution is 2.21. The lowest BCUT2D eigenvalue weighted by molar-refractivity contribution is -0.132. The monoisotopic (exact) mass is 424 g/mol. The van der Waals surface area contributed by atoms with E-state index in [4.69, 9.17) is 11.6 Å². The first-order chi connectivity index (χ1) is 14.5. The fourth-order valence-corrected chi connectivity index (χ4v) is 3.74. The number of rotatable bonds is 5. The van der Waals surface area contributed by atoms with Gasteiger partial charge >= 0.3 is 0 Å². The van der Waals surface area contributed by atoms with E-state index < -0.39 is 0 Å². The molecule has 30 heavy (non-hydrogen) atoms. The van der Waals surface area contributed by atoms with Crippen LogP contribution in [0.15, 0.2) is 48.5 Å². The number of hydrogen-bond acceptors (Lipinski definition) is 5. The average Bonchev–Trinajstić information content (AvgIpc) is 3.22. The molecule has 1 aromatic heterocycles. The lowest BCUT2D eigenvalue weighted by atomic mass is 10.0. The Morgan fingerprint density at radius 1 is 1.07 bits per heavy atom. The van der Waals surface area contributed by atoms with E-state index in [1.807, 2.05) is 41.3 Å². The van der Waals surface area contributed by atoms with E-state index in [0.717, 1.165) is 29.4 Å². The first-order valence-corrected chi connectivity index (χ1v) is 10.5. The molecule has 1 amide bonds. The molecule has 0 bridgehead atoms. The van der Waals surface area contributed by atoms with Crippen molar-refractivity contribution < 1.29 is 4.79 Å². The molecule has 0 radical (unpaired) electrons. The maximum absolute atomic E-state index is 12.7. The first-order valence-electron chi connectivity index (χ1n) is 10.2. The number of halogens is 1. The van der Waals surface area contributed by atoms with Gasteiger partial charge in [0.2, 0.25) is 11.7 Å². The molecule has 1 fully saturated rings. The third kappa shape index (κ3) is 4.62. The van der Waals surface area contributed by atoms with Crippen molar-refractivity contribution in [3.63, 3.8) is 0 Å². The van der Waals surface area contributed by atoms with E-state index in [-0.39, 0.29) is 12.5 Å². The number of aromatic nitrogens is 4. The highest BCUT2D eigenvalue weighted by molar-refractivity contribution is 6.30. The molecule has 0 spiro atoms. The number of nitrogens with zero attached hydrogens (tertiary/aromatic N) is 6. The Balaban J connectivity index is 1.34. The van der Waals surface area contributed by atoms with E-state index in [0.29, 0.717) is 24.8 Å².